The van der Waals surface area contributed by atoms with Gasteiger partial charge in [-0.2, -0.15) is 0 Å². The second-order valence-electron chi connectivity index (χ2n) is 5.86. The molecule has 0 aliphatic carbocycles. The maximum absolute atomic E-state index is 11.5. The van der Waals surface area contributed by atoms with Gasteiger partial charge in [0.2, 0.25) is 5.91 Å². The maximum atomic E-state index is 11.5. The van der Waals surface area contributed by atoms with Crippen LogP contribution in [0.15, 0.2) is 84.9 Å². The van der Waals surface area contributed by atoms with E-state index in [1.54, 1.807) is 0 Å². The fraction of sp³-hybridized carbons (Fsp3) is 0.136. The molecule has 3 rings (SSSR count). The molecule has 3 nitrogen and oxygen atoms in total. The van der Waals surface area contributed by atoms with Gasteiger partial charge in [0, 0.05) is 30.0 Å². The van der Waals surface area contributed by atoms with E-state index in [9.17, 15) is 4.79 Å². The number of carbonyl (C=O) groups is 1. The highest BCUT2D eigenvalue weighted by Gasteiger charge is 2.10. The van der Waals surface area contributed by atoms with Crippen molar-refractivity contribution in [1.29, 1.82) is 0 Å². The average Bonchev–Trinajstić information content (AvgIpc) is 2.68. The van der Waals surface area contributed by atoms with E-state index < -0.39 is 0 Å². The molecule has 0 radical (unpaired) electrons. The van der Waals surface area contributed by atoms with Crippen molar-refractivity contribution in [1.82, 2.24) is 0 Å². The molecular weight excluding hydrogens is 308 g/mol. The predicted molar refractivity (Wildman–Crippen MR) is 104 cm³/mol. The molecule has 126 valence electrons. The van der Waals surface area contributed by atoms with Crippen molar-refractivity contribution in [3.63, 3.8) is 0 Å². The molecule has 3 aromatic rings. The maximum Gasteiger partial charge on any atom is 0.224 e. The number of hydrogen-bond acceptors (Lipinski definition) is 2. The molecule has 0 fully saturated rings. The number of benzene rings is 3. The first-order valence-electron chi connectivity index (χ1n) is 8.52. The van der Waals surface area contributed by atoms with Crippen LogP contribution in [0.2, 0.25) is 0 Å². The van der Waals surface area contributed by atoms with Gasteiger partial charge in [0.15, 0.2) is 0 Å². The molecule has 0 saturated carbocycles. The van der Waals surface area contributed by atoms with Gasteiger partial charge in [-0.1, -0.05) is 55.5 Å². The summed E-state index contributed by atoms with van der Waals surface area (Å²) in [5.74, 6) is 0.0250. The lowest BCUT2D eigenvalue weighted by Gasteiger charge is -2.25. The number of anilines is 3. The molecule has 0 aliphatic heterocycles. The van der Waals surface area contributed by atoms with E-state index in [2.05, 4.69) is 46.6 Å². The van der Waals surface area contributed by atoms with Crippen molar-refractivity contribution in [2.75, 3.05) is 10.2 Å². The summed E-state index contributed by atoms with van der Waals surface area (Å²) in [7, 11) is 0. The predicted octanol–water partition coefficient (Wildman–Crippen LogP) is 5.37. The molecule has 0 spiro atoms. The van der Waals surface area contributed by atoms with Crippen LogP contribution >= 0.6 is 0 Å². The van der Waals surface area contributed by atoms with Crippen LogP contribution < -0.4 is 10.2 Å². The summed E-state index contributed by atoms with van der Waals surface area (Å²) >= 11 is 0. The van der Waals surface area contributed by atoms with Crippen LogP contribution in [-0.4, -0.2) is 5.91 Å². The zero-order valence-electron chi connectivity index (χ0n) is 14.4. The van der Waals surface area contributed by atoms with Gasteiger partial charge in [0.05, 0.1) is 0 Å². The second-order valence-corrected chi connectivity index (χ2v) is 5.86. The van der Waals surface area contributed by atoms with Gasteiger partial charge >= 0.3 is 0 Å². The minimum absolute atomic E-state index is 0.0250. The Bertz CT molecular complexity index is 798. The Hall–Kier alpha value is -3.07. The fourth-order valence-corrected chi connectivity index (χ4v) is 2.68. The smallest absolute Gasteiger partial charge is 0.224 e. The van der Waals surface area contributed by atoms with Gasteiger partial charge in [-0.15, -0.1) is 0 Å². The van der Waals surface area contributed by atoms with Crippen LogP contribution in [0, 0.1) is 0 Å². The molecule has 0 atom stereocenters. The third-order valence-corrected chi connectivity index (χ3v) is 4.04. The highest BCUT2D eigenvalue weighted by atomic mass is 16.1. The molecule has 0 unspecified atom stereocenters. The Balaban J connectivity index is 1.87. The van der Waals surface area contributed by atoms with Crippen LogP contribution in [0.25, 0.3) is 0 Å². The lowest BCUT2D eigenvalue weighted by molar-refractivity contribution is -0.115. The lowest BCUT2D eigenvalue weighted by Crippen LogP contribution is -2.16. The summed E-state index contributed by atoms with van der Waals surface area (Å²) in [6, 6.07) is 28.7. The van der Waals surface area contributed by atoms with Crippen LogP contribution in [0.1, 0.15) is 18.9 Å². The van der Waals surface area contributed by atoms with Crippen LogP contribution in [0.5, 0.6) is 0 Å². The summed E-state index contributed by atoms with van der Waals surface area (Å²) in [6.45, 7) is 2.63. The monoisotopic (exact) mass is 330 g/mol. The first-order chi connectivity index (χ1) is 12.3. The molecule has 0 aromatic heterocycles. The Kier molecular flexibility index (Phi) is 5.47. The number of nitrogens with one attached hydrogen (secondary N) is 1. The molecule has 1 N–H and O–H groups in total. The second kappa shape index (κ2) is 8.15. The summed E-state index contributed by atoms with van der Waals surface area (Å²) in [5.41, 5.74) is 4.29. The minimum Gasteiger partial charge on any atom is -0.337 e. The van der Waals surface area contributed by atoms with Crippen LogP contribution in [0.3, 0.4) is 0 Å². The lowest BCUT2D eigenvalue weighted by atomic mass is 10.1. The molecule has 0 aliphatic rings. The molecule has 25 heavy (non-hydrogen) atoms. The standard InChI is InChI=1S/C22H22N2O/c1-2-22(25)23-19-13-15-21(16-14-19)24(20-11-7-4-8-12-20)17-18-9-5-3-6-10-18/h3-16H,2,17H2,1H3,(H,23,25). The Morgan fingerprint density at radius 3 is 1.96 bits per heavy atom. The summed E-state index contributed by atoms with van der Waals surface area (Å²) in [4.78, 5) is 13.8. The highest BCUT2D eigenvalue weighted by molar-refractivity contribution is 5.90. The van der Waals surface area contributed by atoms with E-state index in [4.69, 9.17) is 0 Å². The molecule has 0 saturated heterocycles. The normalized spacial score (nSPS) is 10.3. The van der Waals surface area contributed by atoms with Gasteiger partial charge in [-0.25, -0.2) is 0 Å². The summed E-state index contributed by atoms with van der Waals surface area (Å²) in [6.07, 6.45) is 0.478. The fourth-order valence-electron chi connectivity index (χ4n) is 2.68. The van der Waals surface area contributed by atoms with E-state index in [1.165, 1.54) is 5.56 Å². The van der Waals surface area contributed by atoms with Gasteiger partial charge < -0.3 is 10.2 Å². The largest absolute Gasteiger partial charge is 0.337 e. The van der Waals surface area contributed by atoms with E-state index in [0.717, 1.165) is 23.6 Å². The van der Waals surface area contributed by atoms with Gasteiger partial charge in [0.1, 0.15) is 0 Å². The molecular formula is C22H22N2O. The number of para-hydroxylation sites is 1. The Morgan fingerprint density at radius 1 is 0.800 bits per heavy atom. The summed E-state index contributed by atoms with van der Waals surface area (Å²) in [5, 5.41) is 2.89. The van der Waals surface area contributed by atoms with E-state index >= 15 is 0 Å². The SMILES string of the molecule is CCC(=O)Nc1ccc(N(Cc2ccccc2)c2ccccc2)cc1. The van der Waals surface area contributed by atoms with E-state index in [1.807, 2.05) is 55.5 Å². The van der Waals surface area contributed by atoms with Crippen molar-refractivity contribution in [2.24, 2.45) is 0 Å². The average molecular weight is 330 g/mol. The molecule has 3 aromatic carbocycles. The molecule has 0 heterocycles. The first-order valence-corrected chi connectivity index (χ1v) is 8.52. The molecule has 3 heteroatoms. The number of amides is 1. The number of carbonyl (C=O) groups excluding carboxylic acids is 1. The third kappa shape index (κ3) is 4.48. The third-order valence-electron chi connectivity index (χ3n) is 4.04. The van der Waals surface area contributed by atoms with Crippen LogP contribution in [-0.2, 0) is 11.3 Å². The van der Waals surface area contributed by atoms with Crippen molar-refractivity contribution in [2.45, 2.75) is 19.9 Å². The number of hydrogen-bond donors (Lipinski definition) is 1. The van der Waals surface area contributed by atoms with Gasteiger partial charge in [0.25, 0.3) is 0 Å². The Morgan fingerprint density at radius 2 is 1.36 bits per heavy atom. The van der Waals surface area contributed by atoms with E-state index in [-0.39, 0.29) is 5.91 Å². The van der Waals surface area contributed by atoms with Crippen molar-refractivity contribution >= 4 is 23.0 Å². The minimum atomic E-state index is 0.0250. The molecule has 0 bridgehead atoms. The van der Waals surface area contributed by atoms with Crippen molar-refractivity contribution < 1.29 is 4.79 Å². The zero-order valence-corrected chi connectivity index (χ0v) is 14.4. The van der Waals surface area contributed by atoms with Crippen molar-refractivity contribution in [3.05, 3.63) is 90.5 Å². The van der Waals surface area contributed by atoms with Crippen LogP contribution in [0.4, 0.5) is 17.1 Å². The number of rotatable bonds is 6. The van der Waals surface area contributed by atoms with Gasteiger partial charge in [-0.3, -0.25) is 4.79 Å². The first kappa shape index (κ1) is 16.8. The van der Waals surface area contributed by atoms with E-state index in [0.29, 0.717) is 6.42 Å². The zero-order chi connectivity index (χ0) is 17.5. The summed E-state index contributed by atoms with van der Waals surface area (Å²) < 4.78 is 0. The Labute approximate surface area is 148 Å². The topological polar surface area (TPSA) is 32.3 Å². The molecule has 1 amide bonds. The van der Waals surface area contributed by atoms with Gasteiger partial charge in [-0.05, 0) is 42.0 Å². The number of nitrogens with zero attached hydrogens (tertiary/aromatic N) is 1. The van der Waals surface area contributed by atoms with Crippen molar-refractivity contribution in [3.8, 4) is 0 Å². The quantitative estimate of drug-likeness (QED) is 0.658. The highest BCUT2D eigenvalue weighted by Crippen LogP contribution is 2.28.